The number of fused-ring (bicyclic) bond motifs is 1. The maximum atomic E-state index is 13.4. The minimum atomic E-state index is -0.0874. The summed E-state index contributed by atoms with van der Waals surface area (Å²) in [5.74, 6) is 1.01. The first kappa shape index (κ1) is 28.9. The molecule has 4 aromatic rings. The molecule has 0 aliphatic carbocycles. The molecule has 1 aliphatic rings. The first-order chi connectivity index (χ1) is 19.9. The van der Waals surface area contributed by atoms with Gasteiger partial charge in [-0.3, -0.25) is 9.69 Å². The molecule has 0 amide bonds. The zero-order chi connectivity index (χ0) is 28.8. The normalized spacial score (nSPS) is 14.6. The van der Waals surface area contributed by atoms with Crippen LogP contribution in [0.3, 0.4) is 0 Å². The first-order valence-corrected chi connectivity index (χ1v) is 14.7. The van der Waals surface area contributed by atoms with Gasteiger partial charge in [-0.15, -0.1) is 0 Å². The van der Waals surface area contributed by atoms with Crippen LogP contribution >= 0.6 is 0 Å². The van der Waals surface area contributed by atoms with Crippen molar-refractivity contribution in [2.24, 2.45) is 0 Å². The predicted molar refractivity (Wildman–Crippen MR) is 166 cm³/mol. The van der Waals surface area contributed by atoms with Crippen LogP contribution in [0.15, 0.2) is 75.9 Å². The van der Waals surface area contributed by atoms with E-state index in [1.165, 1.54) is 29.5 Å². The fourth-order valence-corrected chi connectivity index (χ4v) is 5.72. The van der Waals surface area contributed by atoms with Gasteiger partial charge < -0.3 is 18.8 Å². The van der Waals surface area contributed by atoms with Crippen LogP contribution in [-0.4, -0.2) is 56.2 Å². The van der Waals surface area contributed by atoms with Crippen LogP contribution < -0.4 is 14.9 Å². The first-order valence-electron chi connectivity index (χ1n) is 14.7. The average Bonchev–Trinajstić information content (AvgIpc) is 2.99. The molecule has 216 valence electrons. The third-order valence-electron chi connectivity index (χ3n) is 8.44. The predicted octanol–water partition coefficient (Wildman–Crippen LogP) is 6.84. The Kier molecular flexibility index (Phi) is 9.42. The number of hydrogen-bond acceptors (Lipinski definition) is 6. The van der Waals surface area contributed by atoms with Crippen molar-refractivity contribution in [1.29, 1.82) is 0 Å². The Hall–Kier alpha value is -3.61. The number of ether oxygens (including phenoxy) is 2. The fraction of sp³-hybridized carbons (Fsp3) is 0.400. The number of aryl methyl sites for hydroxylation is 2. The highest BCUT2D eigenvalue weighted by molar-refractivity contribution is 5.84. The molecule has 1 fully saturated rings. The van der Waals surface area contributed by atoms with Crippen molar-refractivity contribution in [2.45, 2.75) is 52.1 Å². The second-order valence-corrected chi connectivity index (χ2v) is 11.3. The molecule has 0 saturated carbocycles. The number of piperidine rings is 1. The Labute approximate surface area is 243 Å². The largest absolute Gasteiger partial charge is 0.497 e. The number of likely N-dealkylation sites (tertiary alicyclic amines) is 1. The molecule has 1 saturated heterocycles. The molecule has 0 bridgehead atoms. The van der Waals surface area contributed by atoms with Gasteiger partial charge in [0.1, 0.15) is 16.9 Å². The van der Waals surface area contributed by atoms with E-state index in [2.05, 4.69) is 48.9 Å². The van der Waals surface area contributed by atoms with E-state index < -0.39 is 0 Å². The number of para-hydroxylation sites is 1. The zero-order valence-electron chi connectivity index (χ0n) is 24.8. The van der Waals surface area contributed by atoms with E-state index >= 15 is 0 Å². The Morgan fingerprint density at radius 3 is 2.44 bits per heavy atom. The molecule has 0 atom stereocenters. The molecule has 6 nitrogen and oxygen atoms in total. The summed E-state index contributed by atoms with van der Waals surface area (Å²) in [6.45, 7) is 9.21. The molecule has 41 heavy (non-hydrogen) atoms. The van der Waals surface area contributed by atoms with Gasteiger partial charge in [-0.2, -0.15) is 0 Å². The summed E-state index contributed by atoms with van der Waals surface area (Å²) in [7, 11) is 3.87. The van der Waals surface area contributed by atoms with Gasteiger partial charge in [0.2, 0.25) is 5.43 Å². The Balaban J connectivity index is 1.13. The van der Waals surface area contributed by atoms with Crippen LogP contribution in [0, 0.1) is 13.8 Å². The summed E-state index contributed by atoms with van der Waals surface area (Å²) in [4.78, 5) is 18.5. The SMILES string of the molecule is COc1ccc(-c2c(OCCCCN(C)C3CCN(Cc4ccc(C)c(C)c4)CC3)oc3ccccc3c2=O)cc1. The maximum absolute atomic E-state index is 13.4. The van der Waals surface area contributed by atoms with Crippen LogP contribution in [0.5, 0.6) is 11.7 Å². The molecule has 0 N–H and O–H groups in total. The van der Waals surface area contributed by atoms with Crippen molar-refractivity contribution >= 4 is 11.0 Å². The third-order valence-corrected chi connectivity index (χ3v) is 8.44. The molecule has 0 spiro atoms. The zero-order valence-corrected chi connectivity index (χ0v) is 24.8. The van der Waals surface area contributed by atoms with E-state index in [1.807, 2.05) is 42.5 Å². The van der Waals surface area contributed by atoms with Gasteiger partial charge in [0.25, 0.3) is 5.95 Å². The van der Waals surface area contributed by atoms with Gasteiger partial charge in [-0.1, -0.05) is 42.5 Å². The standard InChI is InChI=1S/C35H42N2O4/c1-25-11-12-27(23-26(25)2)24-37-20-17-29(18-21-37)36(3)19-7-8-22-40-35-33(28-13-15-30(39-4)16-14-28)34(38)31-9-5-6-10-32(31)41-35/h5-6,9-16,23,29H,7-8,17-22,24H2,1-4H3. The summed E-state index contributed by atoms with van der Waals surface area (Å²) in [5.41, 5.74) is 5.81. The van der Waals surface area contributed by atoms with Crippen LogP contribution in [0.25, 0.3) is 22.1 Å². The van der Waals surface area contributed by atoms with Gasteiger partial charge >= 0.3 is 0 Å². The van der Waals surface area contributed by atoms with E-state index in [0.717, 1.165) is 50.3 Å². The smallest absolute Gasteiger partial charge is 0.297 e. The summed E-state index contributed by atoms with van der Waals surface area (Å²) >= 11 is 0. The van der Waals surface area contributed by atoms with E-state index in [1.54, 1.807) is 13.2 Å². The second kappa shape index (κ2) is 13.4. The van der Waals surface area contributed by atoms with Gasteiger partial charge in [0, 0.05) is 12.6 Å². The molecule has 2 heterocycles. The fourth-order valence-electron chi connectivity index (χ4n) is 5.72. The molecule has 1 aromatic heterocycles. The molecule has 6 heteroatoms. The Morgan fingerprint density at radius 1 is 0.951 bits per heavy atom. The summed E-state index contributed by atoms with van der Waals surface area (Å²) < 4.78 is 17.5. The molecule has 3 aromatic carbocycles. The van der Waals surface area contributed by atoms with E-state index in [-0.39, 0.29) is 11.4 Å². The van der Waals surface area contributed by atoms with Crippen molar-refractivity contribution in [3.63, 3.8) is 0 Å². The minimum Gasteiger partial charge on any atom is -0.497 e. The van der Waals surface area contributed by atoms with Gasteiger partial charge in [0.05, 0.1) is 19.1 Å². The Bertz CT molecular complexity index is 1500. The van der Waals surface area contributed by atoms with Gasteiger partial charge in [0.15, 0.2) is 0 Å². The van der Waals surface area contributed by atoms with Crippen molar-refractivity contribution < 1.29 is 13.9 Å². The lowest BCUT2D eigenvalue weighted by atomic mass is 10.0. The topological polar surface area (TPSA) is 55.2 Å². The molecule has 1 aliphatic heterocycles. The molecule has 5 rings (SSSR count). The third kappa shape index (κ3) is 7.00. The van der Waals surface area contributed by atoms with Crippen molar-refractivity contribution in [3.05, 3.63) is 93.6 Å². The molecule has 0 unspecified atom stereocenters. The number of benzene rings is 3. The lowest BCUT2D eigenvalue weighted by molar-refractivity contribution is 0.120. The quantitative estimate of drug-likeness (QED) is 0.189. The van der Waals surface area contributed by atoms with E-state index in [4.69, 9.17) is 13.9 Å². The molecule has 0 radical (unpaired) electrons. The van der Waals surface area contributed by atoms with Crippen molar-refractivity contribution in [3.8, 4) is 22.8 Å². The number of nitrogens with zero attached hydrogens (tertiary/aromatic N) is 2. The van der Waals surface area contributed by atoms with Crippen LogP contribution in [0.4, 0.5) is 0 Å². The summed E-state index contributed by atoms with van der Waals surface area (Å²) in [5, 5.41) is 0.548. The van der Waals surface area contributed by atoms with E-state index in [9.17, 15) is 4.79 Å². The molecular weight excluding hydrogens is 512 g/mol. The highest BCUT2D eigenvalue weighted by Gasteiger charge is 2.22. The number of unbranched alkanes of at least 4 members (excludes halogenated alkanes) is 1. The lowest BCUT2D eigenvalue weighted by Gasteiger charge is -2.37. The highest BCUT2D eigenvalue weighted by Crippen LogP contribution is 2.31. The monoisotopic (exact) mass is 554 g/mol. The van der Waals surface area contributed by atoms with E-state index in [0.29, 0.717) is 29.2 Å². The van der Waals surface area contributed by atoms with Gasteiger partial charge in [-0.25, -0.2) is 0 Å². The number of hydrogen-bond donors (Lipinski definition) is 0. The highest BCUT2D eigenvalue weighted by atomic mass is 16.6. The van der Waals surface area contributed by atoms with Gasteiger partial charge in [-0.05, 0) is 113 Å². The van der Waals surface area contributed by atoms with Crippen molar-refractivity contribution in [1.82, 2.24) is 9.80 Å². The lowest BCUT2D eigenvalue weighted by Crippen LogP contribution is -2.43. The minimum absolute atomic E-state index is 0.0874. The maximum Gasteiger partial charge on any atom is 0.297 e. The number of methoxy groups -OCH3 is 1. The Morgan fingerprint density at radius 2 is 1.71 bits per heavy atom. The molecular formula is C35H42N2O4. The van der Waals surface area contributed by atoms with Crippen molar-refractivity contribution in [2.75, 3.05) is 40.4 Å². The second-order valence-electron chi connectivity index (χ2n) is 11.3. The number of rotatable bonds is 11. The average molecular weight is 555 g/mol. The summed E-state index contributed by atoms with van der Waals surface area (Å²) in [6, 6.07) is 22.2. The van der Waals surface area contributed by atoms with Crippen LogP contribution in [-0.2, 0) is 6.54 Å². The van der Waals surface area contributed by atoms with Crippen LogP contribution in [0.2, 0.25) is 0 Å². The summed E-state index contributed by atoms with van der Waals surface area (Å²) in [6.07, 6.45) is 4.31. The van der Waals surface area contributed by atoms with Crippen LogP contribution in [0.1, 0.15) is 42.4 Å².